The summed E-state index contributed by atoms with van der Waals surface area (Å²) in [5, 5.41) is 6.22. The van der Waals surface area contributed by atoms with E-state index >= 15 is 0 Å². The van der Waals surface area contributed by atoms with Gasteiger partial charge in [-0.15, -0.1) is 4.57 Å². The van der Waals surface area contributed by atoms with Crippen molar-refractivity contribution in [3.05, 3.63) is 168 Å². The summed E-state index contributed by atoms with van der Waals surface area (Å²) in [5.41, 5.74) is 15.1. The highest BCUT2D eigenvalue weighted by atomic mass is 16.5. The Kier molecular flexibility index (Phi) is 4.66. The first-order valence-electron chi connectivity index (χ1n) is 18.0. The van der Waals surface area contributed by atoms with Crippen molar-refractivity contribution in [3.63, 3.8) is 0 Å². The lowest BCUT2D eigenvalue weighted by molar-refractivity contribution is -0.950. The second kappa shape index (κ2) is 8.95. The Hall–Kier alpha value is -6.72. The Bertz CT molecular complexity index is 3280. The summed E-state index contributed by atoms with van der Waals surface area (Å²) in [6, 6.07) is 48.8. The minimum absolute atomic E-state index is 0.638. The molecule has 0 bridgehead atoms. The quantitative estimate of drug-likeness (QED) is 0.133. The molecule has 3 aliphatic heterocycles. The third-order valence-electron chi connectivity index (χ3n) is 12.2. The number of imidazole rings is 1. The largest absolute Gasteiger partial charge is 0.456 e. The van der Waals surface area contributed by atoms with Crippen molar-refractivity contribution in [2.45, 2.75) is 19.5 Å². The minimum Gasteiger partial charge on any atom is -0.456 e. The van der Waals surface area contributed by atoms with Crippen LogP contribution in [0.25, 0.3) is 77.3 Å². The SMILES string of the molecule is Cc1cccc(C)c1-c1c[n+]2c3c4c5c(ccc4c4cc6c7ccccc7n(-c7ccccc7)c6cc4n13)Oc1cccc3c1C52[n+]1ccccc1-3. The number of rotatable bonds is 2. The number of fused-ring (bicyclic) bond motifs is 8. The average Bonchev–Trinajstić information content (AvgIpc) is 3.90. The summed E-state index contributed by atoms with van der Waals surface area (Å²) in [4.78, 5) is 0. The number of ether oxygens (including phenoxy) is 1. The normalized spacial score (nSPS) is 16.1. The number of aryl methyl sites for hydroxylation is 2. The van der Waals surface area contributed by atoms with Gasteiger partial charge in [-0.05, 0) is 79.6 Å². The number of aromatic nitrogens is 4. The Balaban J connectivity index is 1.31. The van der Waals surface area contributed by atoms with Crippen molar-refractivity contribution in [1.29, 1.82) is 0 Å². The second-order valence-electron chi connectivity index (χ2n) is 14.7. The van der Waals surface area contributed by atoms with Crippen LogP contribution >= 0.6 is 0 Å². The van der Waals surface area contributed by atoms with Crippen LogP contribution in [-0.4, -0.2) is 8.97 Å². The second-order valence-corrected chi connectivity index (χ2v) is 14.7. The summed E-state index contributed by atoms with van der Waals surface area (Å²) >= 11 is 0. The molecule has 0 saturated heterocycles. The molecule has 0 aliphatic carbocycles. The standard InChI is InChI=1S/C47H30N4O/c1-27-12-10-13-28(2)42(27)39-26-49-46-43-31(21-22-41-45(43)47(49)44-32(17-11-20-40(44)52-41)35-18-8-9-23-48(35)47)34-24-33-30-16-6-7-19-36(30)50(29-14-4-3-5-15-29)37(33)25-38(34)51(39)46/h3-26H,1-2H3/q+2. The van der Waals surface area contributed by atoms with Crippen LogP contribution in [0.5, 0.6) is 11.5 Å². The molecule has 7 heterocycles. The molecule has 0 fully saturated rings. The number of pyridine rings is 2. The van der Waals surface area contributed by atoms with Crippen LogP contribution < -0.4 is 13.9 Å². The van der Waals surface area contributed by atoms with E-state index in [0.717, 1.165) is 17.2 Å². The van der Waals surface area contributed by atoms with Gasteiger partial charge in [-0.25, -0.2) is 0 Å². The lowest BCUT2D eigenvalue weighted by Crippen LogP contribution is -2.71. The first-order chi connectivity index (χ1) is 25.6. The van der Waals surface area contributed by atoms with Gasteiger partial charge >= 0.3 is 11.3 Å². The van der Waals surface area contributed by atoms with E-state index in [-0.39, 0.29) is 0 Å². The monoisotopic (exact) mass is 666 g/mol. The van der Waals surface area contributed by atoms with Crippen LogP contribution in [0.15, 0.2) is 146 Å². The molecule has 1 unspecified atom stereocenters. The van der Waals surface area contributed by atoms with E-state index in [1.165, 1.54) is 93.9 Å². The van der Waals surface area contributed by atoms with Crippen molar-refractivity contribution in [3.8, 4) is 39.7 Å². The number of nitrogens with zero attached hydrogens (tertiary/aromatic N) is 4. The van der Waals surface area contributed by atoms with Crippen LogP contribution in [0, 0.1) is 13.8 Å². The van der Waals surface area contributed by atoms with Crippen molar-refractivity contribution >= 4 is 49.1 Å². The zero-order valence-electron chi connectivity index (χ0n) is 28.6. The van der Waals surface area contributed by atoms with Crippen LogP contribution in [0.1, 0.15) is 22.3 Å². The van der Waals surface area contributed by atoms with Gasteiger partial charge in [0.1, 0.15) is 34.3 Å². The Morgan fingerprint density at radius 3 is 2.23 bits per heavy atom. The molecule has 10 aromatic rings. The maximum atomic E-state index is 6.89. The van der Waals surface area contributed by atoms with Crippen molar-refractivity contribution in [2.75, 3.05) is 0 Å². The molecule has 5 nitrogen and oxygen atoms in total. The van der Waals surface area contributed by atoms with Crippen LogP contribution in [0.3, 0.4) is 0 Å². The molecule has 0 radical (unpaired) electrons. The fourth-order valence-corrected chi connectivity index (χ4v) is 10.3. The molecule has 1 atom stereocenters. The molecule has 6 aromatic carbocycles. The van der Waals surface area contributed by atoms with E-state index in [4.69, 9.17) is 4.74 Å². The molecule has 3 aliphatic rings. The number of hydrogen-bond donors (Lipinski definition) is 0. The van der Waals surface area contributed by atoms with E-state index in [1.54, 1.807) is 0 Å². The summed E-state index contributed by atoms with van der Waals surface area (Å²) < 4.78 is 17.0. The van der Waals surface area contributed by atoms with Gasteiger partial charge in [0.15, 0.2) is 11.9 Å². The Labute approximate surface area is 298 Å². The van der Waals surface area contributed by atoms with E-state index in [9.17, 15) is 0 Å². The van der Waals surface area contributed by atoms with Gasteiger partial charge in [0, 0.05) is 51.0 Å². The molecular formula is C47H30N4O+2. The first kappa shape index (κ1) is 27.1. The van der Waals surface area contributed by atoms with E-state index < -0.39 is 5.66 Å². The highest BCUT2D eigenvalue weighted by Crippen LogP contribution is 2.58. The van der Waals surface area contributed by atoms with Crippen molar-refractivity contribution < 1.29 is 13.9 Å². The van der Waals surface area contributed by atoms with Gasteiger partial charge in [0.2, 0.25) is 5.69 Å². The van der Waals surface area contributed by atoms with E-state index in [1.807, 2.05) is 0 Å². The topological polar surface area (TPSA) is 26.3 Å². The lowest BCUT2D eigenvalue weighted by atomic mass is 9.85. The fourth-order valence-electron chi connectivity index (χ4n) is 10.3. The predicted octanol–water partition coefficient (Wildman–Crippen LogP) is 9.90. The predicted molar refractivity (Wildman–Crippen MR) is 206 cm³/mol. The summed E-state index contributed by atoms with van der Waals surface area (Å²) in [7, 11) is 0. The summed E-state index contributed by atoms with van der Waals surface area (Å²) in [6.07, 6.45) is 4.70. The molecule has 5 heteroatoms. The first-order valence-corrected chi connectivity index (χ1v) is 18.0. The Morgan fingerprint density at radius 1 is 0.577 bits per heavy atom. The van der Waals surface area contributed by atoms with Crippen LogP contribution in [-0.2, 0) is 5.66 Å². The number of hydrogen-bond acceptors (Lipinski definition) is 1. The molecule has 52 heavy (non-hydrogen) atoms. The minimum atomic E-state index is -0.638. The molecule has 0 amide bonds. The van der Waals surface area contributed by atoms with E-state index in [0.29, 0.717) is 0 Å². The highest BCUT2D eigenvalue weighted by molar-refractivity contribution is 6.21. The van der Waals surface area contributed by atoms with Crippen molar-refractivity contribution in [1.82, 2.24) is 8.97 Å². The lowest BCUT2D eigenvalue weighted by Gasteiger charge is -2.27. The van der Waals surface area contributed by atoms with Gasteiger partial charge < -0.3 is 9.30 Å². The third kappa shape index (κ3) is 2.87. The summed E-state index contributed by atoms with van der Waals surface area (Å²) in [6.45, 7) is 4.49. The van der Waals surface area contributed by atoms with Crippen LogP contribution in [0.4, 0.5) is 0 Å². The number of benzene rings is 6. The maximum Gasteiger partial charge on any atom is 0.371 e. The van der Waals surface area contributed by atoms with Gasteiger partial charge in [0.25, 0.3) is 0 Å². The van der Waals surface area contributed by atoms with Crippen LogP contribution in [0.2, 0.25) is 0 Å². The molecule has 0 N–H and O–H groups in total. The van der Waals surface area contributed by atoms with Gasteiger partial charge in [0.05, 0.1) is 22.0 Å². The van der Waals surface area contributed by atoms with Crippen molar-refractivity contribution in [2.24, 2.45) is 0 Å². The smallest absolute Gasteiger partial charge is 0.371 e. The fraction of sp³-hybridized carbons (Fsp3) is 0.0638. The summed E-state index contributed by atoms with van der Waals surface area (Å²) in [5.74, 6) is 1.83. The molecule has 13 rings (SSSR count). The zero-order chi connectivity index (χ0) is 34.0. The highest BCUT2D eigenvalue weighted by Gasteiger charge is 2.68. The van der Waals surface area contributed by atoms with Gasteiger partial charge in [-0.2, -0.15) is 8.97 Å². The molecule has 1 spiro atoms. The molecular weight excluding hydrogens is 637 g/mol. The molecule has 4 aromatic heterocycles. The number of para-hydroxylation sites is 2. The maximum absolute atomic E-state index is 6.89. The molecule has 242 valence electrons. The molecule has 0 saturated carbocycles. The average molecular weight is 667 g/mol. The zero-order valence-corrected chi connectivity index (χ0v) is 28.6. The van der Waals surface area contributed by atoms with Gasteiger partial charge in [-0.3, -0.25) is 0 Å². The third-order valence-corrected chi connectivity index (χ3v) is 12.2. The van der Waals surface area contributed by atoms with E-state index in [2.05, 4.69) is 178 Å². The van der Waals surface area contributed by atoms with Gasteiger partial charge in [-0.1, -0.05) is 60.7 Å². The Morgan fingerprint density at radius 2 is 1.35 bits per heavy atom.